The van der Waals surface area contributed by atoms with Crippen molar-refractivity contribution >= 4 is 11.9 Å². The van der Waals surface area contributed by atoms with Gasteiger partial charge in [0.2, 0.25) is 5.91 Å². The minimum Gasteiger partial charge on any atom is -0.497 e. The maximum Gasteiger partial charge on any atom is 0.315 e. The normalized spacial score (nSPS) is 11.3. The Bertz CT molecular complexity index is 750. The van der Waals surface area contributed by atoms with Gasteiger partial charge < -0.3 is 20.7 Å². The van der Waals surface area contributed by atoms with Crippen molar-refractivity contribution in [1.29, 1.82) is 0 Å². The molecular formula is C19H22FN3O3. The predicted molar refractivity (Wildman–Crippen MR) is 96.2 cm³/mol. The van der Waals surface area contributed by atoms with Gasteiger partial charge in [-0.25, -0.2) is 9.18 Å². The quantitative estimate of drug-likeness (QED) is 0.711. The number of rotatable bonds is 7. The number of hydrogen-bond donors (Lipinski definition) is 3. The Hall–Kier alpha value is -3.09. The number of ether oxygens (including phenoxy) is 1. The molecule has 6 nitrogen and oxygen atoms in total. The SMILES string of the molecule is COc1ccc(CNC(=O)CNC(=O)N[C@@H](C)c2cccc(F)c2)cc1. The molecule has 0 radical (unpaired) electrons. The van der Waals surface area contributed by atoms with E-state index in [4.69, 9.17) is 4.74 Å². The van der Waals surface area contributed by atoms with Crippen molar-refractivity contribution in [3.05, 3.63) is 65.5 Å². The van der Waals surface area contributed by atoms with Crippen LogP contribution >= 0.6 is 0 Å². The number of carbonyl (C=O) groups is 2. The fraction of sp³-hybridized carbons (Fsp3) is 0.263. The molecule has 0 saturated carbocycles. The maximum atomic E-state index is 13.2. The van der Waals surface area contributed by atoms with E-state index in [1.54, 1.807) is 38.3 Å². The highest BCUT2D eigenvalue weighted by atomic mass is 19.1. The molecule has 0 aromatic heterocycles. The Morgan fingerprint density at radius 1 is 1.12 bits per heavy atom. The molecule has 2 rings (SSSR count). The average molecular weight is 359 g/mol. The topological polar surface area (TPSA) is 79.5 Å². The van der Waals surface area contributed by atoms with E-state index in [-0.39, 0.29) is 24.3 Å². The van der Waals surface area contributed by atoms with E-state index >= 15 is 0 Å². The van der Waals surface area contributed by atoms with Gasteiger partial charge in [-0.1, -0.05) is 24.3 Å². The first kappa shape index (κ1) is 19.2. The molecule has 138 valence electrons. The Balaban J connectivity index is 1.71. The molecule has 0 aliphatic heterocycles. The largest absolute Gasteiger partial charge is 0.497 e. The lowest BCUT2D eigenvalue weighted by molar-refractivity contribution is -0.120. The van der Waals surface area contributed by atoms with Crippen molar-refractivity contribution in [3.8, 4) is 5.75 Å². The molecule has 0 aliphatic carbocycles. The third-order valence-corrected chi connectivity index (χ3v) is 3.75. The van der Waals surface area contributed by atoms with Crippen LogP contribution in [0.4, 0.5) is 9.18 Å². The van der Waals surface area contributed by atoms with Crippen LogP contribution in [0.3, 0.4) is 0 Å². The Labute approximate surface area is 151 Å². The molecule has 7 heteroatoms. The summed E-state index contributed by atoms with van der Waals surface area (Å²) in [5.41, 5.74) is 1.56. The third-order valence-electron chi connectivity index (χ3n) is 3.75. The fourth-order valence-electron chi connectivity index (χ4n) is 2.27. The first-order chi connectivity index (χ1) is 12.5. The minimum absolute atomic E-state index is 0.155. The number of halogens is 1. The second-order valence-corrected chi connectivity index (χ2v) is 5.73. The first-order valence-electron chi connectivity index (χ1n) is 8.17. The van der Waals surface area contributed by atoms with Crippen LogP contribution in [0.2, 0.25) is 0 Å². The van der Waals surface area contributed by atoms with E-state index in [2.05, 4.69) is 16.0 Å². The number of hydrogen-bond acceptors (Lipinski definition) is 3. The van der Waals surface area contributed by atoms with E-state index in [1.165, 1.54) is 12.1 Å². The van der Waals surface area contributed by atoms with Gasteiger partial charge in [-0.05, 0) is 42.3 Å². The van der Waals surface area contributed by atoms with Crippen LogP contribution in [0, 0.1) is 5.82 Å². The Kier molecular flexibility index (Phi) is 6.96. The van der Waals surface area contributed by atoms with Gasteiger partial charge in [0.05, 0.1) is 19.7 Å². The first-order valence-corrected chi connectivity index (χ1v) is 8.17. The number of nitrogens with one attached hydrogen (secondary N) is 3. The summed E-state index contributed by atoms with van der Waals surface area (Å²) in [6.45, 7) is 1.93. The molecule has 0 fully saturated rings. The third kappa shape index (κ3) is 6.08. The summed E-state index contributed by atoms with van der Waals surface area (Å²) in [6, 6.07) is 12.4. The smallest absolute Gasteiger partial charge is 0.315 e. The van der Waals surface area contributed by atoms with Crippen LogP contribution < -0.4 is 20.7 Å². The van der Waals surface area contributed by atoms with Gasteiger partial charge in [0.15, 0.2) is 0 Å². The monoisotopic (exact) mass is 359 g/mol. The van der Waals surface area contributed by atoms with E-state index in [9.17, 15) is 14.0 Å². The van der Waals surface area contributed by atoms with Crippen molar-refractivity contribution in [2.24, 2.45) is 0 Å². The Morgan fingerprint density at radius 2 is 1.85 bits per heavy atom. The van der Waals surface area contributed by atoms with Crippen molar-refractivity contribution in [1.82, 2.24) is 16.0 Å². The van der Waals surface area contributed by atoms with Crippen LogP contribution in [0.5, 0.6) is 5.75 Å². The highest BCUT2D eigenvalue weighted by Gasteiger charge is 2.11. The zero-order valence-corrected chi connectivity index (χ0v) is 14.7. The summed E-state index contributed by atoms with van der Waals surface area (Å²) in [4.78, 5) is 23.7. The second-order valence-electron chi connectivity index (χ2n) is 5.73. The number of benzene rings is 2. The van der Waals surface area contributed by atoms with Crippen LogP contribution in [0.25, 0.3) is 0 Å². The van der Waals surface area contributed by atoms with Crippen molar-refractivity contribution in [3.63, 3.8) is 0 Å². The number of amides is 3. The van der Waals surface area contributed by atoms with Crippen LogP contribution in [-0.2, 0) is 11.3 Å². The zero-order chi connectivity index (χ0) is 18.9. The zero-order valence-electron chi connectivity index (χ0n) is 14.7. The summed E-state index contributed by atoms with van der Waals surface area (Å²) in [5, 5.41) is 7.84. The van der Waals surface area contributed by atoms with Crippen molar-refractivity contribution in [2.45, 2.75) is 19.5 Å². The highest BCUT2D eigenvalue weighted by molar-refractivity contribution is 5.84. The summed E-state index contributed by atoms with van der Waals surface area (Å²) in [7, 11) is 1.59. The second kappa shape index (κ2) is 9.41. The number of carbonyl (C=O) groups excluding carboxylic acids is 2. The van der Waals surface area contributed by atoms with Crippen LogP contribution in [0.1, 0.15) is 24.1 Å². The maximum absolute atomic E-state index is 13.2. The summed E-state index contributed by atoms with van der Waals surface area (Å²) in [5.74, 6) is 0.0645. The van der Waals surface area contributed by atoms with Crippen molar-refractivity contribution in [2.75, 3.05) is 13.7 Å². The molecule has 26 heavy (non-hydrogen) atoms. The molecule has 3 amide bonds. The van der Waals surface area contributed by atoms with Crippen LogP contribution in [-0.4, -0.2) is 25.6 Å². The molecule has 0 aliphatic rings. The minimum atomic E-state index is -0.499. The lowest BCUT2D eigenvalue weighted by Gasteiger charge is -2.15. The fourth-order valence-corrected chi connectivity index (χ4v) is 2.27. The lowest BCUT2D eigenvalue weighted by Crippen LogP contribution is -2.42. The van der Waals surface area contributed by atoms with Crippen LogP contribution in [0.15, 0.2) is 48.5 Å². The average Bonchev–Trinajstić information content (AvgIpc) is 2.65. The molecule has 3 N–H and O–H groups in total. The lowest BCUT2D eigenvalue weighted by atomic mass is 10.1. The highest BCUT2D eigenvalue weighted by Crippen LogP contribution is 2.13. The molecule has 2 aromatic rings. The van der Waals surface area contributed by atoms with Gasteiger partial charge in [-0.15, -0.1) is 0 Å². The van der Waals surface area contributed by atoms with Gasteiger partial charge in [0, 0.05) is 6.54 Å². The number of urea groups is 1. The Morgan fingerprint density at radius 3 is 2.50 bits per heavy atom. The van der Waals surface area contributed by atoms with E-state index < -0.39 is 6.03 Å². The molecule has 2 aromatic carbocycles. The van der Waals surface area contributed by atoms with E-state index in [1.807, 2.05) is 12.1 Å². The van der Waals surface area contributed by atoms with Crippen molar-refractivity contribution < 1.29 is 18.7 Å². The number of methoxy groups -OCH3 is 1. The van der Waals surface area contributed by atoms with Gasteiger partial charge in [0.25, 0.3) is 0 Å². The molecule has 0 spiro atoms. The molecular weight excluding hydrogens is 337 g/mol. The molecule has 0 bridgehead atoms. The standard InChI is InChI=1S/C19H22FN3O3/c1-13(15-4-3-5-16(20)10-15)23-19(25)22-12-18(24)21-11-14-6-8-17(26-2)9-7-14/h3-10,13H,11-12H2,1-2H3,(H,21,24)(H2,22,23,25)/t13-/m0/s1. The summed E-state index contributed by atoms with van der Waals surface area (Å²) >= 11 is 0. The van der Waals surface area contributed by atoms with E-state index in [0.717, 1.165) is 11.3 Å². The summed E-state index contributed by atoms with van der Waals surface area (Å²) < 4.78 is 18.3. The van der Waals surface area contributed by atoms with Gasteiger partial charge in [-0.2, -0.15) is 0 Å². The van der Waals surface area contributed by atoms with Gasteiger partial charge in [0.1, 0.15) is 11.6 Å². The predicted octanol–water partition coefficient (Wildman–Crippen LogP) is 2.51. The van der Waals surface area contributed by atoms with Gasteiger partial charge >= 0.3 is 6.03 Å². The molecule has 0 heterocycles. The van der Waals surface area contributed by atoms with Gasteiger partial charge in [-0.3, -0.25) is 4.79 Å². The molecule has 0 saturated heterocycles. The molecule has 0 unspecified atom stereocenters. The summed E-state index contributed by atoms with van der Waals surface area (Å²) in [6.07, 6.45) is 0. The molecule has 1 atom stereocenters. The van der Waals surface area contributed by atoms with E-state index in [0.29, 0.717) is 12.1 Å².